The maximum Gasteiger partial charge on any atom is 0.191 e. The highest BCUT2D eigenvalue weighted by Gasteiger charge is 2.21. The van der Waals surface area contributed by atoms with Crippen molar-refractivity contribution in [2.45, 2.75) is 39.7 Å². The van der Waals surface area contributed by atoms with Crippen molar-refractivity contribution in [1.82, 2.24) is 15.8 Å². The summed E-state index contributed by atoms with van der Waals surface area (Å²) in [6.07, 6.45) is 1.88. The molecule has 25 heavy (non-hydrogen) atoms. The average molecular weight is 342 g/mol. The summed E-state index contributed by atoms with van der Waals surface area (Å²) in [5, 5.41) is 10.6. The Kier molecular flexibility index (Phi) is 5.58. The van der Waals surface area contributed by atoms with Gasteiger partial charge in [0.2, 0.25) is 0 Å². The second-order valence-corrected chi connectivity index (χ2v) is 6.25. The van der Waals surface area contributed by atoms with Gasteiger partial charge in [0.25, 0.3) is 0 Å². The molecule has 0 aliphatic carbocycles. The number of nitrogens with one attached hydrogen (secondary N) is 2. The smallest absolute Gasteiger partial charge is 0.191 e. The Balaban J connectivity index is 1.51. The van der Waals surface area contributed by atoms with Gasteiger partial charge in [0.05, 0.1) is 12.2 Å². The summed E-state index contributed by atoms with van der Waals surface area (Å²) in [5.74, 6) is 2.69. The molecule has 3 rings (SSSR count). The fourth-order valence-electron chi connectivity index (χ4n) is 3.06. The summed E-state index contributed by atoms with van der Waals surface area (Å²) in [7, 11) is 0. The molecule has 0 amide bonds. The molecule has 0 fully saturated rings. The zero-order valence-electron chi connectivity index (χ0n) is 15.1. The molecule has 2 aromatic rings. The van der Waals surface area contributed by atoms with Crippen molar-refractivity contribution in [3.05, 3.63) is 46.8 Å². The van der Waals surface area contributed by atoms with Crippen LogP contribution in [0.5, 0.6) is 5.75 Å². The molecule has 6 nitrogen and oxygen atoms in total. The Morgan fingerprint density at radius 1 is 1.28 bits per heavy atom. The van der Waals surface area contributed by atoms with Gasteiger partial charge < -0.3 is 19.9 Å². The minimum atomic E-state index is 0.107. The minimum absolute atomic E-state index is 0.107. The monoisotopic (exact) mass is 342 g/mol. The quantitative estimate of drug-likeness (QED) is 0.623. The maximum absolute atomic E-state index is 5.95. The Labute approximate surface area is 148 Å². The van der Waals surface area contributed by atoms with E-state index in [4.69, 9.17) is 9.26 Å². The molecule has 1 atom stereocenters. The third-order valence-corrected chi connectivity index (χ3v) is 4.36. The number of aliphatic imine (C=N–C) groups is 1. The van der Waals surface area contributed by atoms with E-state index in [-0.39, 0.29) is 6.10 Å². The lowest BCUT2D eigenvalue weighted by atomic mass is 10.1. The van der Waals surface area contributed by atoms with Gasteiger partial charge >= 0.3 is 0 Å². The van der Waals surface area contributed by atoms with Crippen LogP contribution in [-0.2, 0) is 12.8 Å². The summed E-state index contributed by atoms with van der Waals surface area (Å²) in [4.78, 5) is 4.67. The first-order valence-electron chi connectivity index (χ1n) is 8.86. The lowest BCUT2D eigenvalue weighted by Gasteiger charge is -2.13. The summed E-state index contributed by atoms with van der Waals surface area (Å²) >= 11 is 0. The fraction of sp³-hybridized carbons (Fsp3) is 0.474. The van der Waals surface area contributed by atoms with Gasteiger partial charge in [-0.2, -0.15) is 0 Å². The maximum atomic E-state index is 5.95. The van der Waals surface area contributed by atoms with Crippen LogP contribution in [0.3, 0.4) is 0 Å². The molecule has 134 valence electrons. The first-order valence-corrected chi connectivity index (χ1v) is 8.86. The highest BCUT2D eigenvalue weighted by molar-refractivity contribution is 5.79. The van der Waals surface area contributed by atoms with Crippen molar-refractivity contribution >= 4 is 5.96 Å². The number of para-hydroxylation sites is 1. The van der Waals surface area contributed by atoms with Gasteiger partial charge in [-0.15, -0.1) is 0 Å². The average Bonchev–Trinajstić information content (AvgIpc) is 3.16. The predicted molar refractivity (Wildman–Crippen MR) is 98.2 cm³/mol. The number of hydrogen-bond donors (Lipinski definition) is 2. The zero-order valence-corrected chi connectivity index (χ0v) is 15.1. The number of fused-ring (bicyclic) bond motifs is 1. The Hall–Kier alpha value is -2.50. The summed E-state index contributed by atoms with van der Waals surface area (Å²) < 4.78 is 11.2. The third-order valence-electron chi connectivity index (χ3n) is 4.36. The largest absolute Gasteiger partial charge is 0.488 e. The number of ether oxygens (including phenoxy) is 1. The van der Waals surface area contributed by atoms with E-state index in [2.05, 4.69) is 33.8 Å². The van der Waals surface area contributed by atoms with Crippen molar-refractivity contribution in [3.8, 4) is 5.75 Å². The van der Waals surface area contributed by atoms with E-state index in [1.54, 1.807) is 0 Å². The highest BCUT2D eigenvalue weighted by Crippen LogP contribution is 2.28. The second-order valence-electron chi connectivity index (χ2n) is 6.25. The molecular formula is C19H26N4O2. The molecule has 1 aromatic heterocycles. The van der Waals surface area contributed by atoms with Gasteiger partial charge in [-0.1, -0.05) is 23.4 Å². The van der Waals surface area contributed by atoms with Crippen molar-refractivity contribution in [3.63, 3.8) is 0 Å². The van der Waals surface area contributed by atoms with E-state index < -0.39 is 0 Å². The molecule has 0 bridgehead atoms. The van der Waals surface area contributed by atoms with Crippen molar-refractivity contribution < 1.29 is 9.26 Å². The van der Waals surface area contributed by atoms with Crippen LogP contribution in [0.1, 0.15) is 29.5 Å². The van der Waals surface area contributed by atoms with Gasteiger partial charge in [0, 0.05) is 25.1 Å². The SMILES string of the molecule is CCNC(=NCC1Cc2ccccc2O1)NCCc1c(C)noc1C. The van der Waals surface area contributed by atoms with Crippen molar-refractivity contribution in [2.75, 3.05) is 19.6 Å². The number of hydrogen-bond acceptors (Lipinski definition) is 4. The Morgan fingerprint density at radius 3 is 2.84 bits per heavy atom. The van der Waals surface area contributed by atoms with Crippen molar-refractivity contribution in [1.29, 1.82) is 0 Å². The van der Waals surface area contributed by atoms with E-state index in [1.807, 2.05) is 32.0 Å². The summed E-state index contributed by atoms with van der Waals surface area (Å²) in [6.45, 7) is 8.22. The second kappa shape index (κ2) is 8.05. The van der Waals surface area contributed by atoms with Gasteiger partial charge in [0.1, 0.15) is 17.6 Å². The van der Waals surface area contributed by atoms with Crippen molar-refractivity contribution in [2.24, 2.45) is 4.99 Å². The topological polar surface area (TPSA) is 71.7 Å². The Bertz CT molecular complexity index is 694. The predicted octanol–water partition coefficient (Wildman–Crippen LogP) is 2.39. The van der Waals surface area contributed by atoms with Crippen LogP contribution in [0.25, 0.3) is 0 Å². The molecule has 0 saturated carbocycles. The number of benzene rings is 1. The number of aryl methyl sites for hydroxylation is 2. The van der Waals surface area contributed by atoms with Crippen LogP contribution in [-0.4, -0.2) is 36.9 Å². The molecule has 6 heteroatoms. The Morgan fingerprint density at radius 2 is 2.12 bits per heavy atom. The van der Waals surface area contributed by atoms with Gasteiger partial charge in [-0.05, 0) is 38.8 Å². The molecule has 1 aromatic carbocycles. The van der Waals surface area contributed by atoms with E-state index in [0.717, 1.165) is 54.7 Å². The zero-order chi connectivity index (χ0) is 17.6. The van der Waals surface area contributed by atoms with Crippen LogP contribution in [0.15, 0.2) is 33.8 Å². The number of guanidine groups is 1. The van der Waals surface area contributed by atoms with Gasteiger partial charge in [-0.25, -0.2) is 4.99 Å². The molecular weight excluding hydrogens is 316 g/mol. The molecule has 0 radical (unpaired) electrons. The molecule has 2 N–H and O–H groups in total. The lowest BCUT2D eigenvalue weighted by Crippen LogP contribution is -2.39. The lowest BCUT2D eigenvalue weighted by molar-refractivity contribution is 0.241. The first-order chi connectivity index (χ1) is 12.2. The van der Waals surface area contributed by atoms with E-state index in [1.165, 1.54) is 5.56 Å². The molecule has 0 saturated heterocycles. The highest BCUT2D eigenvalue weighted by atomic mass is 16.5. The van der Waals surface area contributed by atoms with Crippen LogP contribution in [0.2, 0.25) is 0 Å². The van der Waals surface area contributed by atoms with E-state index in [9.17, 15) is 0 Å². The standard InChI is InChI=1S/C19H26N4O2/c1-4-20-19(21-10-9-17-13(2)23-25-14(17)3)22-12-16-11-15-7-5-6-8-18(15)24-16/h5-8,16H,4,9-12H2,1-3H3,(H2,20,21,22). The summed E-state index contributed by atoms with van der Waals surface area (Å²) in [5.41, 5.74) is 3.38. The van der Waals surface area contributed by atoms with Gasteiger partial charge in [0.15, 0.2) is 5.96 Å². The van der Waals surface area contributed by atoms with E-state index in [0.29, 0.717) is 6.54 Å². The normalized spacial score (nSPS) is 16.4. The van der Waals surface area contributed by atoms with Crippen LogP contribution >= 0.6 is 0 Å². The van der Waals surface area contributed by atoms with Crippen LogP contribution in [0, 0.1) is 13.8 Å². The molecule has 1 aliphatic rings. The minimum Gasteiger partial charge on any atom is -0.488 e. The van der Waals surface area contributed by atoms with Gasteiger partial charge in [-0.3, -0.25) is 0 Å². The van der Waals surface area contributed by atoms with Crippen LogP contribution in [0.4, 0.5) is 0 Å². The molecule has 1 unspecified atom stereocenters. The van der Waals surface area contributed by atoms with Crippen LogP contribution < -0.4 is 15.4 Å². The first kappa shape index (κ1) is 17.3. The molecule has 1 aliphatic heterocycles. The number of aromatic nitrogens is 1. The number of rotatable bonds is 6. The molecule has 2 heterocycles. The number of nitrogens with zero attached hydrogens (tertiary/aromatic N) is 2. The third kappa shape index (κ3) is 4.32. The molecule has 0 spiro atoms. The summed E-state index contributed by atoms with van der Waals surface area (Å²) in [6, 6.07) is 8.19. The fourth-order valence-corrected chi connectivity index (χ4v) is 3.06. The van der Waals surface area contributed by atoms with E-state index >= 15 is 0 Å².